The van der Waals surface area contributed by atoms with Crippen LogP contribution < -0.4 is 5.32 Å². The largest absolute Gasteiger partial charge is 0.314 e. The van der Waals surface area contributed by atoms with E-state index < -0.39 is 0 Å². The summed E-state index contributed by atoms with van der Waals surface area (Å²) in [6.45, 7) is 14.0. The molecule has 0 saturated heterocycles. The van der Waals surface area contributed by atoms with Gasteiger partial charge in [0, 0.05) is 25.2 Å². The lowest BCUT2D eigenvalue weighted by molar-refractivity contribution is 0.111. The zero-order chi connectivity index (χ0) is 15.1. The fraction of sp³-hybridized carbons (Fsp3) is 1.00. The molecule has 1 aliphatic carbocycles. The Morgan fingerprint density at radius 2 is 1.90 bits per heavy atom. The second kappa shape index (κ2) is 9.01. The van der Waals surface area contributed by atoms with Gasteiger partial charge in [0.2, 0.25) is 0 Å². The Balaban J connectivity index is 2.59. The summed E-state index contributed by atoms with van der Waals surface area (Å²) in [7, 11) is 4.35. The van der Waals surface area contributed by atoms with Crippen molar-refractivity contribution in [1.29, 1.82) is 0 Å². The number of likely N-dealkylation sites (N-methyl/N-ethyl adjacent to an activating group) is 2. The van der Waals surface area contributed by atoms with Crippen molar-refractivity contribution in [2.75, 3.05) is 40.3 Å². The van der Waals surface area contributed by atoms with Crippen molar-refractivity contribution in [2.45, 2.75) is 59.0 Å². The summed E-state index contributed by atoms with van der Waals surface area (Å²) >= 11 is 0. The monoisotopic (exact) mass is 283 g/mol. The van der Waals surface area contributed by atoms with Crippen LogP contribution in [0.15, 0.2) is 0 Å². The average Bonchev–Trinajstić information content (AvgIpc) is 2.38. The van der Waals surface area contributed by atoms with Crippen LogP contribution in [0.25, 0.3) is 0 Å². The zero-order valence-corrected chi connectivity index (χ0v) is 14.7. The lowest BCUT2D eigenvalue weighted by Crippen LogP contribution is -2.49. The molecule has 0 spiro atoms. The molecular weight excluding hydrogens is 246 g/mol. The van der Waals surface area contributed by atoms with Crippen molar-refractivity contribution >= 4 is 0 Å². The van der Waals surface area contributed by atoms with Crippen LogP contribution in [-0.4, -0.2) is 62.2 Å². The van der Waals surface area contributed by atoms with Gasteiger partial charge in [-0.1, -0.05) is 20.8 Å². The van der Waals surface area contributed by atoms with Crippen molar-refractivity contribution in [2.24, 2.45) is 11.8 Å². The highest BCUT2D eigenvalue weighted by atomic mass is 15.2. The highest BCUT2D eigenvalue weighted by Crippen LogP contribution is 2.30. The van der Waals surface area contributed by atoms with Crippen LogP contribution in [-0.2, 0) is 0 Å². The van der Waals surface area contributed by atoms with E-state index in [0.29, 0.717) is 6.04 Å². The van der Waals surface area contributed by atoms with E-state index in [1.807, 2.05) is 0 Å². The van der Waals surface area contributed by atoms with Crippen molar-refractivity contribution in [1.82, 2.24) is 15.1 Å². The molecule has 1 N–H and O–H groups in total. The lowest BCUT2D eigenvalue weighted by Gasteiger charge is -2.40. The Morgan fingerprint density at radius 3 is 2.45 bits per heavy atom. The number of rotatable bonds is 8. The van der Waals surface area contributed by atoms with Crippen LogP contribution in [0, 0.1) is 11.8 Å². The third kappa shape index (κ3) is 5.71. The highest BCUT2D eigenvalue weighted by molar-refractivity contribution is 4.86. The first-order valence-corrected chi connectivity index (χ1v) is 8.60. The smallest absolute Gasteiger partial charge is 0.0194 e. The predicted molar refractivity (Wildman–Crippen MR) is 89.2 cm³/mol. The van der Waals surface area contributed by atoms with Gasteiger partial charge in [-0.3, -0.25) is 4.90 Å². The number of nitrogens with zero attached hydrogens (tertiary/aromatic N) is 2. The van der Waals surface area contributed by atoms with Gasteiger partial charge in [0.15, 0.2) is 0 Å². The van der Waals surface area contributed by atoms with Gasteiger partial charge in [-0.05, 0) is 65.2 Å². The van der Waals surface area contributed by atoms with Gasteiger partial charge in [-0.25, -0.2) is 0 Å². The number of nitrogens with one attached hydrogen (secondary N) is 1. The molecule has 4 atom stereocenters. The fourth-order valence-electron chi connectivity index (χ4n) is 3.80. The molecule has 0 aromatic carbocycles. The molecule has 0 heterocycles. The SMILES string of the molecule is CCNC1CCC(C)CC1CN(CC)C(C)CN(C)C. The highest BCUT2D eigenvalue weighted by Gasteiger charge is 2.30. The Morgan fingerprint density at radius 1 is 1.20 bits per heavy atom. The predicted octanol–water partition coefficient (Wildman–Crippen LogP) is 2.67. The van der Waals surface area contributed by atoms with Gasteiger partial charge in [-0.15, -0.1) is 0 Å². The molecule has 120 valence electrons. The summed E-state index contributed by atoms with van der Waals surface area (Å²) in [5.74, 6) is 1.72. The topological polar surface area (TPSA) is 18.5 Å². The van der Waals surface area contributed by atoms with Crippen LogP contribution >= 0.6 is 0 Å². The van der Waals surface area contributed by atoms with Gasteiger partial charge in [0.25, 0.3) is 0 Å². The molecule has 3 nitrogen and oxygen atoms in total. The molecule has 1 rings (SSSR count). The fourth-order valence-corrected chi connectivity index (χ4v) is 3.80. The first-order chi connectivity index (χ1) is 9.47. The van der Waals surface area contributed by atoms with E-state index in [4.69, 9.17) is 0 Å². The minimum atomic E-state index is 0.648. The maximum absolute atomic E-state index is 3.73. The standard InChI is InChI=1S/C17H37N3/c1-7-18-17-10-9-14(3)11-16(17)13-20(8-2)15(4)12-19(5)6/h14-18H,7-13H2,1-6H3. The van der Waals surface area contributed by atoms with Gasteiger partial charge in [-0.2, -0.15) is 0 Å². The van der Waals surface area contributed by atoms with Crippen molar-refractivity contribution in [3.63, 3.8) is 0 Å². The summed E-state index contributed by atoms with van der Waals surface area (Å²) in [6.07, 6.45) is 4.15. The van der Waals surface area contributed by atoms with Crippen LogP contribution in [0.1, 0.15) is 47.0 Å². The van der Waals surface area contributed by atoms with E-state index in [9.17, 15) is 0 Å². The van der Waals surface area contributed by atoms with Gasteiger partial charge >= 0.3 is 0 Å². The molecule has 1 saturated carbocycles. The lowest BCUT2D eigenvalue weighted by atomic mass is 9.78. The summed E-state index contributed by atoms with van der Waals surface area (Å²) in [5.41, 5.74) is 0. The summed E-state index contributed by atoms with van der Waals surface area (Å²) < 4.78 is 0. The summed E-state index contributed by atoms with van der Waals surface area (Å²) in [4.78, 5) is 4.98. The minimum absolute atomic E-state index is 0.648. The first kappa shape index (κ1) is 17.9. The quantitative estimate of drug-likeness (QED) is 0.739. The Hall–Kier alpha value is -0.120. The van der Waals surface area contributed by atoms with Crippen LogP contribution in [0.4, 0.5) is 0 Å². The Kier molecular flexibility index (Phi) is 8.08. The zero-order valence-electron chi connectivity index (χ0n) is 14.7. The molecule has 3 heteroatoms. The van der Waals surface area contributed by atoms with E-state index in [1.54, 1.807) is 0 Å². The second-order valence-electron chi connectivity index (χ2n) is 7.04. The van der Waals surface area contributed by atoms with E-state index in [2.05, 4.69) is 56.9 Å². The summed E-state index contributed by atoms with van der Waals surface area (Å²) in [5, 5.41) is 3.73. The van der Waals surface area contributed by atoms with E-state index >= 15 is 0 Å². The molecular formula is C17H37N3. The van der Waals surface area contributed by atoms with Crippen molar-refractivity contribution in [3.8, 4) is 0 Å². The Labute approximate surface area is 127 Å². The molecule has 0 aliphatic heterocycles. The number of hydrogen-bond acceptors (Lipinski definition) is 3. The number of hydrogen-bond donors (Lipinski definition) is 1. The molecule has 1 aliphatic rings. The average molecular weight is 284 g/mol. The molecule has 0 bridgehead atoms. The molecule has 20 heavy (non-hydrogen) atoms. The third-order valence-corrected chi connectivity index (χ3v) is 4.84. The normalized spacial score (nSPS) is 29.1. The third-order valence-electron chi connectivity index (χ3n) is 4.84. The maximum atomic E-state index is 3.73. The van der Waals surface area contributed by atoms with E-state index in [-0.39, 0.29) is 0 Å². The van der Waals surface area contributed by atoms with Gasteiger partial charge in [0.1, 0.15) is 0 Å². The summed E-state index contributed by atoms with van der Waals surface area (Å²) in [6, 6.07) is 1.38. The van der Waals surface area contributed by atoms with Crippen molar-refractivity contribution < 1.29 is 0 Å². The van der Waals surface area contributed by atoms with Crippen molar-refractivity contribution in [3.05, 3.63) is 0 Å². The van der Waals surface area contributed by atoms with Crippen LogP contribution in [0.2, 0.25) is 0 Å². The Bertz CT molecular complexity index is 255. The minimum Gasteiger partial charge on any atom is -0.314 e. The molecule has 0 radical (unpaired) electrons. The van der Waals surface area contributed by atoms with Crippen LogP contribution in [0.5, 0.6) is 0 Å². The van der Waals surface area contributed by atoms with Gasteiger partial charge in [0.05, 0.1) is 0 Å². The van der Waals surface area contributed by atoms with Crippen LogP contribution in [0.3, 0.4) is 0 Å². The molecule has 0 aromatic rings. The molecule has 1 fully saturated rings. The molecule has 0 amide bonds. The maximum Gasteiger partial charge on any atom is 0.0194 e. The molecule has 4 unspecified atom stereocenters. The first-order valence-electron chi connectivity index (χ1n) is 8.60. The van der Waals surface area contributed by atoms with E-state index in [1.165, 1.54) is 32.4 Å². The molecule has 0 aromatic heterocycles. The second-order valence-corrected chi connectivity index (χ2v) is 7.04. The van der Waals surface area contributed by atoms with E-state index in [0.717, 1.165) is 31.0 Å². The van der Waals surface area contributed by atoms with Gasteiger partial charge < -0.3 is 10.2 Å².